The standard InChI is InChI=1S/C16H18N4/c1-11-3-5-14-7-13(4-6-16(14)20-11)8-17-12(2)15-9-18-19-10-15/h3-7,9-10,12,17H,8H2,1-2H3,(H,18,19). The van der Waals surface area contributed by atoms with Crippen LogP contribution in [0.2, 0.25) is 0 Å². The fraction of sp³-hybridized carbons (Fsp3) is 0.250. The van der Waals surface area contributed by atoms with E-state index in [0.717, 1.165) is 17.8 Å². The van der Waals surface area contributed by atoms with Crippen molar-refractivity contribution in [3.05, 3.63) is 59.5 Å². The van der Waals surface area contributed by atoms with Crippen LogP contribution in [0.5, 0.6) is 0 Å². The fourth-order valence-corrected chi connectivity index (χ4v) is 2.27. The van der Waals surface area contributed by atoms with Crippen molar-refractivity contribution in [2.45, 2.75) is 26.4 Å². The number of fused-ring (bicyclic) bond motifs is 1. The van der Waals surface area contributed by atoms with E-state index in [9.17, 15) is 0 Å². The summed E-state index contributed by atoms with van der Waals surface area (Å²) >= 11 is 0. The first-order valence-corrected chi connectivity index (χ1v) is 6.81. The molecule has 4 heteroatoms. The first kappa shape index (κ1) is 12.8. The lowest BCUT2D eigenvalue weighted by Crippen LogP contribution is -2.17. The minimum atomic E-state index is 0.278. The number of aryl methyl sites for hydroxylation is 1. The Bertz CT molecular complexity index is 704. The van der Waals surface area contributed by atoms with Gasteiger partial charge in [-0.3, -0.25) is 10.1 Å². The molecule has 0 aliphatic carbocycles. The molecule has 0 radical (unpaired) electrons. The predicted molar refractivity (Wildman–Crippen MR) is 80.3 cm³/mol. The number of H-pyrrole nitrogens is 1. The zero-order chi connectivity index (χ0) is 13.9. The van der Waals surface area contributed by atoms with Crippen LogP contribution in [-0.2, 0) is 6.54 Å². The van der Waals surface area contributed by atoms with E-state index in [-0.39, 0.29) is 6.04 Å². The number of nitrogens with one attached hydrogen (secondary N) is 2. The van der Waals surface area contributed by atoms with Gasteiger partial charge in [0.1, 0.15) is 0 Å². The average Bonchev–Trinajstić information content (AvgIpc) is 2.99. The molecular formula is C16H18N4. The van der Waals surface area contributed by atoms with Gasteiger partial charge in [-0.1, -0.05) is 12.1 Å². The van der Waals surface area contributed by atoms with E-state index in [1.165, 1.54) is 16.5 Å². The average molecular weight is 266 g/mol. The van der Waals surface area contributed by atoms with Crippen LogP contribution in [-0.4, -0.2) is 15.2 Å². The van der Waals surface area contributed by atoms with E-state index < -0.39 is 0 Å². The van der Waals surface area contributed by atoms with Crippen LogP contribution in [0.3, 0.4) is 0 Å². The summed E-state index contributed by atoms with van der Waals surface area (Å²) in [4.78, 5) is 4.52. The molecule has 1 atom stereocenters. The first-order valence-electron chi connectivity index (χ1n) is 6.81. The van der Waals surface area contributed by atoms with Gasteiger partial charge in [0.25, 0.3) is 0 Å². The van der Waals surface area contributed by atoms with Crippen molar-refractivity contribution in [3.8, 4) is 0 Å². The van der Waals surface area contributed by atoms with Crippen LogP contribution in [0.1, 0.15) is 29.8 Å². The van der Waals surface area contributed by atoms with Crippen LogP contribution >= 0.6 is 0 Å². The van der Waals surface area contributed by atoms with Gasteiger partial charge in [-0.15, -0.1) is 0 Å². The van der Waals surface area contributed by atoms with Crippen LogP contribution < -0.4 is 5.32 Å². The van der Waals surface area contributed by atoms with Crippen molar-refractivity contribution in [2.75, 3.05) is 0 Å². The maximum atomic E-state index is 4.52. The van der Waals surface area contributed by atoms with Gasteiger partial charge in [0, 0.05) is 35.4 Å². The zero-order valence-corrected chi connectivity index (χ0v) is 11.7. The number of hydrogen-bond acceptors (Lipinski definition) is 3. The van der Waals surface area contributed by atoms with Gasteiger partial charge in [-0.2, -0.15) is 5.10 Å². The minimum Gasteiger partial charge on any atom is -0.306 e. The van der Waals surface area contributed by atoms with Crippen molar-refractivity contribution in [1.82, 2.24) is 20.5 Å². The highest BCUT2D eigenvalue weighted by Crippen LogP contribution is 2.16. The number of rotatable bonds is 4. The van der Waals surface area contributed by atoms with Gasteiger partial charge < -0.3 is 5.32 Å². The molecule has 0 saturated heterocycles. The monoisotopic (exact) mass is 266 g/mol. The molecule has 2 N–H and O–H groups in total. The van der Waals surface area contributed by atoms with Crippen LogP contribution in [0.4, 0.5) is 0 Å². The van der Waals surface area contributed by atoms with E-state index >= 15 is 0 Å². The molecule has 0 aliphatic heterocycles. The molecule has 102 valence electrons. The van der Waals surface area contributed by atoms with Gasteiger partial charge in [-0.25, -0.2) is 0 Å². The maximum Gasteiger partial charge on any atom is 0.0705 e. The maximum absolute atomic E-state index is 4.52. The SMILES string of the molecule is Cc1ccc2cc(CNC(C)c3cn[nH]c3)ccc2n1. The summed E-state index contributed by atoms with van der Waals surface area (Å²) in [7, 11) is 0. The number of nitrogens with zero attached hydrogens (tertiary/aromatic N) is 2. The molecule has 20 heavy (non-hydrogen) atoms. The normalized spacial score (nSPS) is 12.7. The molecule has 4 nitrogen and oxygen atoms in total. The third-order valence-electron chi connectivity index (χ3n) is 3.52. The Morgan fingerprint density at radius 2 is 2.15 bits per heavy atom. The summed E-state index contributed by atoms with van der Waals surface area (Å²) in [5.41, 5.74) is 4.54. The van der Waals surface area contributed by atoms with Crippen LogP contribution in [0, 0.1) is 6.92 Å². The molecular weight excluding hydrogens is 248 g/mol. The van der Waals surface area contributed by atoms with Crippen molar-refractivity contribution in [2.24, 2.45) is 0 Å². The Hall–Kier alpha value is -2.20. The number of hydrogen-bond donors (Lipinski definition) is 2. The number of pyridine rings is 1. The topological polar surface area (TPSA) is 53.6 Å². The Balaban J connectivity index is 1.73. The van der Waals surface area contributed by atoms with Crippen molar-refractivity contribution < 1.29 is 0 Å². The Labute approximate surface area is 118 Å². The number of benzene rings is 1. The van der Waals surface area contributed by atoms with Gasteiger partial charge in [0.05, 0.1) is 11.7 Å². The molecule has 1 aromatic carbocycles. The molecule has 2 heterocycles. The second-order valence-electron chi connectivity index (χ2n) is 5.11. The second-order valence-corrected chi connectivity index (χ2v) is 5.11. The molecule has 2 aromatic heterocycles. The molecule has 3 rings (SSSR count). The summed E-state index contributed by atoms with van der Waals surface area (Å²) in [6.07, 6.45) is 3.77. The highest BCUT2D eigenvalue weighted by atomic mass is 15.1. The van der Waals surface area contributed by atoms with Crippen molar-refractivity contribution in [1.29, 1.82) is 0 Å². The number of aromatic amines is 1. The van der Waals surface area contributed by atoms with Gasteiger partial charge in [0.15, 0.2) is 0 Å². The van der Waals surface area contributed by atoms with E-state index in [1.54, 1.807) is 0 Å². The predicted octanol–water partition coefficient (Wildman–Crippen LogP) is 3.12. The highest BCUT2D eigenvalue weighted by Gasteiger charge is 2.06. The van der Waals surface area contributed by atoms with Crippen molar-refractivity contribution >= 4 is 10.9 Å². The summed E-state index contributed by atoms with van der Waals surface area (Å²) in [5.74, 6) is 0. The van der Waals surface area contributed by atoms with Gasteiger partial charge >= 0.3 is 0 Å². The zero-order valence-electron chi connectivity index (χ0n) is 11.7. The lowest BCUT2D eigenvalue weighted by molar-refractivity contribution is 0.575. The third-order valence-corrected chi connectivity index (χ3v) is 3.52. The van der Waals surface area contributed by atoms with E-state index in [4.69, 9.17) is 0 Å². The molecule has 0 amide bonds. The van der Waals surface area contributed by atoms with E-state index in [2.05, 4.69) is 51.7 Å². The van der Waals surface area contributed by atoms with Gasteiger partial charge in [0.2, 0.25) is 0 Å². The van der Waals surface area contributed by atoms with E-state index in [0.29, 0.717) is 0 Å². The lowest BCUT2D eigenvalue weighted by Gasteiger charge is -2.12. The highest BCUT2D eigenvalue weighted by molar-refractivity contribution is 5.79. The molecule has 0 saturated carbocycles. The summed E-state index contributed by atoms with van der Waals surface area (Å²) in [6.45, 7) is 4.98. The third kappa shape index (κ3) is 2.70. The van der Waals surface area contributed by atoms with Crippen LogP contribution in [0.25, 0.3) is 10.9 Å². The molecule has 0 bridgehead atoms. The molecule has 3 aromatic rings. The Morgan fingerprint density at radius 1 is 1.25 bits per heavy atom. The smallest absolute Gasteiger partial charge is 0.0705 e. The van der Waals surface area contributed by atoms with E-state index in [1.807, 2.05) is 25.4 Å². The van der Waals surface area contributed by atoms with Gasteiger partial charge in [-0.05, 0) is 37.6 Å². The summed E-state index contributed by atoms with van der Waals surface area (Å²) in [5, 5.41) is 11.5. The van der Waals surface area contributed by atoms with Crippen LogP contribution in [0.15, 0.2) is 42.7 Å². The molecule has 1 unspecified atom stereocenters. The Morgan fingerprint density at radius 3 is 2.95 bits per heavy atom. The molecule has 0 fully saturated rings. The largest absolute Gasteiger partial charge is 0.306 e. The minimum absolute atomic E-state index is 0.278. The summed E-state index contributed by atoms with van der Waals surface area (Å²) < 4.78 is 0. The Kier molecular flexibility index (Phi) is 3.48. The summed E-state index contributed by atoms with van der Waals surface area (Å²) in [6, 6.07) is 10.9. The first-order chi connectivity index (χ1) is 9.72. The lowest BCUT2D eigenvalue weighted by atomic mass is 10.1. The second kappa shape index (κ2) is 5.43. The molecule has 0 spiro atoms. The quantitative estimate of drug-likeness (QED) is 0.763. The fourth-order valence-electron chi connectivity index (χ4n) is 2.27. The molecule has 0 aliphatic rings. The van der Waals surface area contributed by atoms with Crippen molar-refractivity contribution in [3.63, 3.8) is 0 Å². The number of aromatic nitrogens is 3.